The van der Waals surface area contributed by atoms with Crippen LogP contribution in [0.5, 0.6) is 0 Å². The minimum atomic E-state index is -0.111. The minimum absolute atomic E-state index is 0.0410. The first-order valence-corrected chi connectivity index (χ1v) is 5.96. The van der Waals surface area contributed by atoms with Crippen LogP contribution >= 0.6 is 22.6 Å². The monoisotopic (exact) mass is 320 g/mol. The molecule has 2 rings (SSSR count). The summed E-state index contributed by atoms with van der Waals surface area (Å²) in [6.07, 6.45) is 4.70. The molecule has 0 radical (unpaired) electrons. The van der Waals surface area contributed by atoms with Gasteiger partial charge in [0.05, 0.1) is 11.9 Å². The molecule has 0 amide bonds. The fraction of sp³-hybridized carbons (Fsp3) is 0.556. The Morgan fingerprint density at radius 2 is 2.40 bits per heavy atom. The standard InChI is InChI=1S/C9H13IN4O/c10-6-7(12-5-13-8(6)15)14-9(4-11)2-1-3-9/h5H,1-4,11H2,(H2,12,13,14,15). The average molecular weight is 320 g/mol. The maximum atomic E-state index is 11.3. The molecule has 0 atom stereocenters. The lowest BCUT2D eigenvalue weighted by Gasteiger charge is -2.42. The molecule has 0 saturated heterocycles. The van der Waals surface area contributed by atoms with E-state index in [1.165, 1.54) is 12.7 Å². The van der Waals surface area contributed by atoms with E-state index >= 15 is 0 Å². The van der Waals surface area contributed by atoms with Gasteiger partial charge in [0.15, 0.2) is 0 Å². The van der Waals surface area contributed by atoms with Gasteiger partial charge >= 0.3 is 0 Å². The van der Waals surface area contributed by atoms with Crippen molar-refractivity contribution < 1.29 is 0 Å². The predicted octanol–water partition coefficient (Wildman–Crippen LogP) is 0.668. The second-order valence-electron chi connectivity index (χ2n) is 3.86. The van der Waals surface area contributed by atoms with E-state index in [0.717, 1.165) is 12.8 Å². The summed E-state index contributed by atoms with van der Waals surface area (Å²) in [6.45, 7) is 0.581. The van der Waals surface area contributed by atoms with Gasteiger partial charge in [0.2, 0.25) is 0 Å². The second-order valence-corrected chi connectivity index (χ2v) is 4.94. The number of hydrogen-bond acceptors (Lipinski definition) is 4. The third-order valence-electron chi connectivity index (χ3n) is 2.88. The van der Waals surface area contributed by atoms with E-state index in [-0.39, 0.29) is 11.1 Å². The Morgan fingerprint density at radius 1 is 1.67 bits per heavy atom. The quantitative estimate of drug-likeness (QED) is 0.715. The summed E-state index contributed by atoms with van der Waals surface area (Å²) in [6, 6.07) is 0. The van der Waals surface area contributed by atoms with Crippen molar-refractivity contribution in [2.24, 2.45) is 5.73 Å². The lowest BCUT2D eigenvalue weighted by Crippen LogP contribution is -2.51. The molecule has 0 unspecified atom stereocenters. The van der Waals surface area contributed by atoms with Gasteiger partial charge < -0.3 is 16.0 Å². The van der Waals surface area contributed by atoms with Gasteiger partial charge in [-0.1, -0.05) is 0 Å². The van der Waals surface area contributed by atoms with E-state index in [9.17, 15) is 4.79 Å². The van der Waals surface area contributed by atoms with Gasteiger partial charge in [-0.05, 0) is 41.9 Å². The number of anilines is 1. The van der Waals surface area contributed by atoms with Crippen molar-refractivity contribution in [1.82, 2.24) is 9.97 Å². The van der Waals surface area contributed by atoms with Crippen molar-refractivity contribution in [3.05, 3.63) is 20.3 Å². The van der Waals surface area contributed by atoms with Gasteiger partial charge in [0.25, 0.3) is 5.56 Å². The van der Waals surface area contributed by atoms with Crippen LogP contribution in [0.25, 0.3) is 0 Å². The van der Waals surface area contributed by atoms with Crippen LogP contribution in [0, 0.1) is 3.57 Å². The van der Waals surface area contributed by atoms with Crippen LogP contribution in [-0.4, -0.2) is 22.1 Å². The molecule has 15 heavy (non-hydrogen) atoms. The zero-order valence-electron chi connectivity index (χ0n) is 8.22. The highest BCUT2D eigenvalue weighted by Crippen LogP contribution is 2.34. The third kappa shape index (κ3) is 2.00. The predicted molar refractivity (Wildman–Crippen MR) is 66.8 cm³/mol. The Labute approximate surface area is 101 Å². The molecule has 1 saturated carbocycles. The topological polar surface area (TPSA) is 83.8 Å². The molecule has 1 aromatic rings. The zero-order valence-corrected chi connectivity index (χ0v) is 10.4. The second kappa shape index (κ2) is 4.09. The number of nitrogens with zero attached hydrogens (tertiary/aromatic N) is 1. The van der Waals surface area contributed by atoms with Crippen LogP contribution in [0.15, 0.2) is 11.1 Å². The smallest absolute Gasteiger partial charge is 0.266 e. The van der Waals surface area contributed by atoms with Crippen LogP contribution in [0.4, 0.5) is 5.82 Å². The highest BCUT2D eigenvalue weighted by molar-refractivity contribution is 14.1. The lowest BCUT2D eigenvalue weighted by atomic mass is 9.77. The van der Waals surface area contributed by atoms with Crippen LogP contribution in [-0.2, 0) is 0 Å². The number of halogens is 1. The number of nitrogens with two attached hydrogens (primary N) is 1. The molecule has 0 bridgehead atoms. The average Bonchev–Trinajstić information content (AvgIpc) is 2.18. The van der Waals surface area contributed by atoms with Gasteiger partial charge in [0, 0.05) is 6.54 Å². The van der Waals surface area contributed by atoms with E-state index in [2.05, 4.69) is 15.3 Å². The van der Waals surface area contributed by atoms with Crippen molar-refractivity contribution >= 4 is 28.4 Å². The van der Waals surface area contributed by atoms with Gasteiger partial charge in [0.1, 0.15) is 9.39 Å². The molecule has 0 aromatic carbocycles. The SMILES string of the molecule is NCC1(Nc2nc[nH]c(=O)c2I)CCC1. The van der Waals surface area contributed by atoms with Crippen molar-refractivity contribution in [3.63, 3.8) is 0 Å². The molecular formula is C9H13IN4O. The Morgan fingerprint density at radius 3 is 2.93 bits per heavy atom. The number of hydrogen-bond donors (Lipinski definition) is 3. The number of H-pyrrole nitrogens is 1. The molecule has 1 aliphatic rings. The highest BCUT2D eigenvalue weighted by atomic mass is 127. The summed E-state index contributed by atoms with van der Waals surface area (Å²) in [7, 11) is 0. The largest absolute Gasteiger partial charge is 0.362 e. The first-order chi connectivity index (χ1) is 7.17. The van der Waals surface area contributed by atoms with Crippen molar-refractivity contribution in [1.29, 1.82) is 0 Å². The summed E-state index contributed by atoms with van der Waals surface area (Å²) in [5.41, 5.74) is 5.57. The van der Waals surface area contributed by atoms with E-state index in [1.54, 1.807) is 0 Å². The van der Waals surface area contributed by atoms with Crippen molar-refractivity contribution in [2.45, 2.75) is 24.8 Å². The van der Waals surface area contributed by atoms with Gasteiger partial charge in [-0.15, -0.1) is 0 Å². The van der Waals surface area contributed by atoms with Crippen molar-refractivity contribution in [2.75, 3.05) is 11.9 Å². The maximum absolute atomic E-state index is 11.3. The van der Waals surface area contributed by atoms with Gasteiger partial charge in [-0.3, -0.25) is 4.79 Å². The summed E-state index contributed by atoms with van der Waals surface area (Å²) >= 11 is 1.99. The molecule has 1 heterocycles. The van der Waals surface area contributed by atoms with Crippen LogP contribution in [0.3, 0.4) is 0 Å². The van der Waals surface area contributed by atoms with E-state index in [1.807, 2.05) is 22.6 Å². The molecule has 0 spiro atoms. The van der Waals surface area contributed by atoms with Crippen LogP contribution < -0.4 is 16.6 Å². The van der Waals surface area contributed by atoms with Gasteiger partial charge in [-0.25, -0.2) is 4.98 Å². The maximum Gasteiger partial charge on any atom is 0.266 e. The lowest BCUT2D eigenvalue weighted by molar-refractivity contribution is 0.286. The molecule has 1 fully saturated rings. The molecule has 4 N–H and O–H groups in total. The number of rotatable bonds is 3. The minimum Gasteiger partial charge on any atom is -0.362 e. The van der Waals surface area contributed by atoms with E-state index in [0.29, 0.717) is 15.9 Å². The number of aromatic amines is 1. The summed E-state index contributed by atoms with van der Waals surface area (Å²) in [5.74, 6) is 0.643. The van der Waals surface area contributed by atoms with Crippen LogP contribution in [0.1, 0.15) is 19.3 Å². The summed E-state index contributed by atoms with van der Waals surface area (Å²) < 4.78 is 0.592. The third-order valence-corrected chi connectivity index (χ3v) is 3.88. The molecule has 5 nitrogen and oxygen atoms in total. The van der Waals surface area contributed by atoms with Gasteiger partial charge in [-0.2, -0.15) is 0 Å². The fourth-order valence-electron chi connectivity index (χ4n) is 1.71. The number of nitrogens with one attached hydrogen (secondary N) is 2. The molecule has 82 valence electrons. The number of aromatic nitrogens is 2. The van der Waals surface area contributed by atoms with Crippen LogP contribution in [0.2, 0.25) is 0 Å². The Bertz CT molecular complexity index is 407. The first-order valence-electron chi connectivity index (χ1n) is 4.88. The Kier molecular flexibility index (Phi) is 2.96. The van der Waals surface area contributed by atoms with Crippen molar-refractivity contribution in [3.8, 4) is 0 Å². The molecule has 0 aliphatic heterocycles. The Balaban J connectivity index is 2.24. The zero-order chi connectivity index (χ0) is 10.9. The first kappa shape index (κ1) is 10.9. The normalized spacial score (nSPS) is 18.3. The molecular weight excluding hydrogens is 307 g/mol. The summed E-state index contributed by atoms with van der Waals surface area (Å²) in [4.78, 5) is 18.0. The fourth-order valence-corrected chi connectivity index (χ4v) is 2.13. The Hall–Kier alpha value is -0.630. The highest BCUT2D eigenvalue weighted by Gasteiger charge is 2.36. The van der Waals surface area contributed by atoms with E-state index in [4.69, 9.17) is 5.73 Å². The van der Waals surface area contributed by atoms with E-state index < -0.39 is 0 Å². The molecule has 1 aliphatic carbocycles. The summed E-state index contributed by atoms with van der Waals surface area (Å²) in [5, 5.41) is 3.29. The molecule has 1 aromatic heterocycles. The molecule has 6 heteroatoms.